The highest BCUT2D eigenvalue weighted by Gasteiger charge is 2.51. The van der Waals surface area contributed by atoms with Crippen molar-refractivity contribution in [2.24, 2.45) is 11.5 Å². The number of nitrogens with two attached hydrogens (primary N) is 2. The van der Waals surface area contributed by atoms with E-state index in [4.69, 9.17) is 30.4 Å². The Morgan fingerprint density at radius 1 is 1.07 bits per heavy atom. The van der Waals surface area contributed by atoms with Gasteiger partial charge in [-0.25, -0.2) is 0 Å². The first-order valence-corrected chi connectivity index (χ1v) is 13.4. The molecular weight excluding hydrogens is 530 g/mol. The van der Waals surface area contributed by atoms with Gasteiger partial charge in [0.05, 0.1) is 24.3 Å². The van der Waals surface area contributed by atoms with Crippen molar-refractivity contribution in [3.8, 4) is 0 Å². The van der Waals surface area contributed by atoms with Crippen LogP contribution in [0.25, 0.3) is 0 Å². The lowest BCUT2D eigenvalue weighted by molar-refractivity contribution is -0.317. The Morgan fingerprint density at radius 3 is 2.30 bits per heavy atom. The maximum atomic E-state index is 12.8. The molecule has 13 unspecified atom stereocenters. The molecule has 1 aliphatic carbocycles. The second kappa shape index (κ2) is 14.4. The zero-order chi connectivity index (χ0) is 29.7. The summed E-state index contributed by atoms with van der Waals surface area (Å²) < 4.78 is 22.5. The summed E-state index contributed by atoms with van der Waals surface area (Å²) in [5.74, 6) is -0.476. The van der Waals surface area contributed by atoms with Gasteiger partial charge in [-0.15, -0.1) is 0 Å². The Bertz CT molecular complexity index is 924. The fourth-order valence-electron chi connectivity index (χ4n) is 5.11. The molecule has 11 N–H and O–H groups in total. The van der Waals surface area contributed by atoms with Crippen molar-refractivity contribution in [2.75, 3.05) is 7.11 Å². The smallest absolute Gasteiger partial charge is 0.251 e. The number of aliphatic hydroxyl groups excluding tert-OH is 6. The first-order chi connectivity index (χ1) is 18.9. The lowest BCUT2D eigenvalue weighted by atomic mass is 9.83. The molecule has 0 aromatic heterocycles. The second-order valence-corrected chi connectivity index (χ2v) is 10.4. The molecule has 1 saturated carbocycles. The molecule has 14 heteroatoms. The van der Waals surface area contributed by atoms with Gasteiger partial charge in [-0.3, -0.25) is 4.79 Å². The van der Waals surface area contributed by atoms with Crippen LogP contribution in [0.15, 0.2) is 30.3 Å². The van der Waals surface area contributed by atoms with Crippen LogP contribution in [0, 0.1) is 0 Å². The minimum Gasteiger partial charge on any atom is -0.391 e. The third-order valence-corrected chi connectivity index (χ3v) is 7.50. The zero-order valence-corrected chi connectivity index (χ0v) is 22.8. The summed E-state index contributed by atoms with van der Waals surface area (Å²) in [5, 5.41) is 66.1. The van der Waals surface area contributed by atoms with E-state index in [1.807, 2.05) is 0 Å². The molecule has 40 heavy (non-hydrogen) atoms. The van der Waals surface area contributed by atoms with Gasteiger partial charge < -0.3 is 66.4 Å². The Labute approximate surface area is 232 Å². The fraction of sp³-hybridized carbons (Fsp3) is 0.731. The molecule has 1 amide bonds. The van der Waals surface area contributed by atoms with Crippen LogP contribution in [0.1, 0.15) is 37.0 Å². The predicted molar refractivity (Wildman–Crippen MR) is 139 cm³/mol. The molecule has 0 radical (unpaired) electrons. The monoisotopic (exact) mass is 573 g/mol. The number of methoxy groups -OCH3 is 1. The SMILES string of the molecule is CCC(OC)C(O)C(O)OC1C(O)C(NC(=O)c2ccccc2)CC(N)C1OC1OC([C@@H](C)O)C(O)C(O)C1N. The van der Waals surface area contributed by atoms with Crippen molar-refractivity contribution in [3.05, 3.63) is 35.9 Å². The molecule has 14 nitrogen and oxygen atoms in total. The lowest BCUT2D eigenvalue weighted by Crippen LogP contribution is -2.69. The van der Waals surface area contributed by atoms with Crippen molar-refractivity contribution >= 4 is 5.91 Å². The summed E-state index contributed by atoms with van der Waals surface area (Å²) in [5.41, 5.74) is 12.8. The number of benzene rings is 1. The lowest BCUT2D eigenvalue weighted by Gasteiger charge is -2.48. The highest BCUT2D eigenvalue weighted by Crippen LogP contribution is 2.31. The minimum absolute atomic E-state index is 0.00550. The standard InChI is InChI=1S/C26H43N3O11/c1-4-15(37-3)18(32)25(36)38-23-17(31)14(29-24(35)12-8-6-5-7-9-12)10-13(27)22(23)40-26-16(28)19(33)20(34)21(39-26)11(2)30/h5-9,11,13-23,25-26,30-34,36H,4,10,27-28H2,1-3H3,(H,29,35)/t11-,13?,14?,15?,16?,17?,18?,19?,20?,21?,22?,23?,25?,26?/m1/s1. The van der Waals surface area contributed by atoms with Gasteiger partial charge in [-0.2, -0.15) is 0 Å². The molecule has 2 aliphatic rings. The number of hydrogen-bond acceptors (Lipinski definition) is 13. The molecule has 0 spiro atoms. The van der Waals surface area contributed by atoms with E-state index in [0.29, 0.717) is 12.0 Å². The van der Waals surface area contributed by atoms with Crippen LogP contribution in [-0.4, -0.2) is 129 Å². The van der Waals surface area contributed by atoms with Gasteiger partial charge in [0.2, 0.25) is 0 Å². The summed E-state index contributed by atoms with van der Waals surface area (Å²) >= 11 is 0. The molecule has 1 aromatic carbocycles. The van der Waals surface area contributed by atoms with E-state index in [0.717, 1.165) is 0 Å². The third kappa shape index (κ3) is 7.34. The molecular formula is C26H43N3O11. The largest absolute Gasteiger partial charge is 0.391 e. The van der Waals surface area contributed by atoms with Crippen LogP contribution >= 0.6 is 0 Å². The fourth-order valence-corrected chi connectivity index (χ4v) is 5.11. The topological polar surface area (TPSA) is 239 Å². The Kier molecular flexibility index (Phi) is 11.8. The quantitative estimate of drug-likeness (QED) is 0.119. The average molecular weight is 574 g/mol. The Hall–Kier alpha value is -1.79. The molecule has 1 saturated heterocycles. The zero-order valence-electron chi connectivity index (χ0n) is 22.8. The van der Waals surface area contributed by atoms with Gasteiger partial charge in [0.25, 0.3) is 5.91 Å². The van der Waals surface area contributed by atoms with E-state index in [-0.39, 0.29) is 6.42 Å². The molecule has 0 bridgehead atoms. The third-order valence-electron chi connectivity index (χ3n) is 7.50. The van der Waals surface area contributed by atoms with Crippen LogP contribution in [0.3, 0.4) is 0 Å². The summed E-state index contributed by atoms with van der Waals surface area (Å²) in [6.45, 7) is 3.09. The molecule has 1 aromatic rings. The van der Waals surface area contributed by atoms with Crippen molar-refractivity contribution in [1.82, 2.24) is 5.32 Å². The van der Waals surface area contributed by atoms with Gasteiger partial charge in [-0.05, 0) is 31.9 Å². The van der Waals surface area contributed by atoms with E-state index in [9.17, 15) is 35.4 Å². The van der Waals surface area contributed by atoms with Crippen molar-refractivity contribution in [3.63, 3.8) is 0 Å². The Morgan fingerprint density at radius 2 is 1.73 bits per heavy atom. The van der Waals surface area contributed by atoms with Gasteiger partial charge in [0.15, 0.2) is 12.6 Å². The molecule has 3 rings (SSSR count). The maximum absolute atomic E-state index is 12.8. The van der Waals surface area contributed by atoms with Crippen LogP contribution in [-0.2, 0) is 18.9 Å². The summed E-state index contributed by atoms with van der Waals surface area (Å²) in [6, 6.07) is 5.16. The molecule has 228 valence electrons. The number of carbonyl (C=O) groups excluding carboxylic acids is 1. The number of ether oxygens (including phenoxy) is 4. The molecule has 1 heterocycles. The first kappa shape index (κ1) is 32.7. The van der Waals surface area contributed by atoms with Gasteiger partial charge in [0, 0.05) is 18.7 Å². The van der Waals surface area contributed by atoms with Crippen LogP contribution in [0.4, 0.5) is 0 Å². The van der Waals surface area contributed by atoms with Crippen molar-refractivity contribution in [1.29, 1.82) is 0 Å². The van der Waals surface area contributed by atoms with Gasteiger partial charge in [0.1, 0.15) is 42.7 Å². The van der Waals surface area contributed by atoms with Crippen molar-refractivity contribution in [2.45, 2.75) is 112 Å². The van der Waals surface area contributed by atoms with E-state index >= 15 is 0 Å². The summed E-state index contributed by atoms with van der Waals surface area (Å²) in [4.78, 5) is 12.8. The number of carbonyl (C=O) groups is 1. The van der Waals surface area contributed by atoms with Crippen LogP contribution in [0.5, 0.6) is 0 Å². The Balaban J connectivity index is 1.86. The van der Waals surface area contributed by atoms with E-state index in [1.165, 1.54) is 14.0 Å². The van der Waals surface area contributed by atoms with Crippen molar-refractivity contribution < 1.29 is 54.4 Å². The summed E-state index contributed by atoms with van der Waals surface area (Å²) in [7, 11) is 1.36. The van der Waals surface area contributed by atoms with Crippen LogP contribution in [0.2, 0.25) is 0 Å². The van der Waals surface area contributed by atoms with E-state index in [2.05, 4.69) is 5.32 Å². The van der Waals surface area contributed by atoms with Gasteiger partial charge in [-0.1, -0.05) is 25.1 Å². The van der Waals surface area contributed by atoms with E-state index in [1.54, 1.807) is 37.3 Å². The molecule has 1 aliphatic heterocycles. The van der Waals surface area contributed by atoms with Gasteiger partial charge >= 0.3 is 0 Å². The highest BCUT2D eigenvalue weighted by molar-refractivity contribution is 5.94. The number of aliphatic hydroxyl groups is 6. The number of hydrogen-bond donors (Lipinski definition) is 9. The maximum Gasteiger partial charge on any atom is 0.251 e. The second-order valence-electron chi connectivity index (χ2n) is 10.4. The normalized spacial score (nSPS) is 37.8. The number of nitrogens with one attached hydrogen (secondary N) is 1. The summed E-state index contributed by atoms with van der Waals surface area (Å²) in [6.07, 6.45) is -14.9. The minimum atomic E-state index is -1.86. The molecule has 14 atom stereocenters. The highest BCUT2D eigenvalue weighted by atomic mass is 16.7. The molecule has 2 fully saturated rings. The predicted octanol–water partition coefficient (Wildman–Crippen LogP) is -3.09. The first-order valence-electron chi connectivity index (χ1n) is 13.4. The van der Waals surface area contributed by atoms with E-state index < -0.39 is 91.5 Å². The van der Waals surface area contributed by atoms with Crippen LogP contribution < -0.4 is 16.8 Å². The average Bonchev–Trinajstić information content (AvgIpc) is 2.93. The number of rotatable bonds is 11. The number of amides is 1.